The summed E-state index contributed by atoms with van der Waals surface area (Å²) in [4.78, 5) is 11.7. The van der Waals surface area contributed by atoms with Crippen LogP contribution in [0.4, 0.5) is 0 Å². The molecule has 1 heterocycles. The van der Waals surface area contributed by atoms with Crippen molar-refractivity contribution >= 4 is 0 Å². The van der Waals surface area contributed by atoms with E-state index < -0.39 is 0 Å². The summed E-state index contributed by atoms with van der Waals surface area (Å²) in [5, 5.41) is 13.0. The van der Waals surface area contributed by atoms with E-state index in [0.717, 1.165) is 18.7 Å². The summed E-state index contributed by atoms with van der Waals surface area (Å²) in [5.41, 5.74) is -0.147. The van der Waals surface area contributed by atoms with Crippen LogP contribution in [0.5, 0.6) is 0 Å². The minimum absolute atomic E-state index is 0.0563. The summed E-state index contributed by atoms with van der Waals surface area (Å²) in [6.45, 7) is 0.214. The molecule has 15 heavy (non-hydrogen) atoms. The molecule has 0 spiro atoms. The largest absolute Gasteiger partial charge is 0.394 e. The molecule has 1 aromatic rings. The molecule has 0 saturated heterocycles. The van der Waals surface area contributed by atoms with Gasteiger partial charge in [-0.2, -0.15) is 5.10 Å². The van der Waals surface area contributed by atoms with Crippen LogP contribution in [0, 0.1) is 0 Å². The lowest BCUT2D eigenvalue weighted by molar-refractivity contribution is 0.266. The molecule has 0 aliphatic heterocycles. The van der Waals surface area contributed by atoms with E-state index in [2.05, 4.69) is 17.3 Å². The van der Waals surface area contributed by atoms with Crippen molar-refractivity contribution < 1.29 is 5.11 Å². The van der Waals surface area contributed by atoms with E-state index in [4.69, 9.17) is 5.11 Å². The Kier molecular flexibility index (Phi) is 2.73. The van der Waals surface area contributed by atoms with Gasteiger partial charge in [0.25, 0.3) is 0 Å². The molecule has 1 aliphatic carbocycles. The van der Waals surface area contributed by atoms with Crippen LogP contribution in [0.15, 0.2) is 16.9 Å². The third-order valence-electron chi connectivity index (χ3n) is 2.76. The van der Waals surface area contributed by atoms with Gasteiger partial charge in [-0.25, -0.2) is 9.48 Å². The summed E-state index contributed by atoms with van der Waals surface area (Å²) in [7, 11) is 1.73. The first-order valence-corrected chi connectivity index (χ1v) is 5.13. The number of aromatic nitrogens is 3. The molecule has 0 amide bonds. The van der Waals surface area contributed by atoms with Gasteiger partial charge >= 0.3 is 5.69 Å². The molecular formula is C10H15N3O2. The maximum Gasteiger partial charge on any atom is 0.345 e. The first-order valence-electron chi connectivity index (χ1n) is 5.13. The number of hydrogen-bond donors (Lipinski definition) is 1. The Morgan fingerprint density at radius 3 is 2.80 bits per heavy atom. The lowest BCUT2D eigenvalue weighted by Gasteiger charge is -2.06. The Bertz CT molecular complexity index is 422. The zero-order valence-corrected chi connectivity index (χ0v) is 8.76. The number of rotatable bonds is 3. The molecule has 1 aliphatic rings. The number of hydrogen-bond acceptors (Lipinski definition) is 3. The highest BCUT2D eigenvalue weighted by molar-refractivity contribution is 5.08. The minimum Gasteiger partial charge on any atom is -0.394 e. The van der Waals surface area contributed by atoms with Gasteiger partial charge in [0, 0.05) is 13.0 Å². The van der Waals surface area contributed by atoms with Crippen molar-refractivity contribution in [1.82, 2.24) is 14.3 Å². The van der Waals surface area contributed by atoms with E-state index in [1.54, 1.807) is 11.6 Å². The Hall–Kier alpha value is -1.36. The average molecular weight is 209 g/mol. The Morgan fingerprint density at radius 1 is 1.53 bits per heavy atom. The summed E-state index contributed by atoms with van der Waals surface area (Å²) < 4.78 is 2.90. The molecule has 0 aromatic carbocycles. The van der Waals surface area contributed by atoms with Crippen molar-refractivity contribution in [3.05, 3.63) is 28.5 Å². The Morgan fingerprint density at radius 2 is 2.20 bits per heavy atom. The van der Waals surface area contributed by atoms with Gasteiger partial charge in [0.15, 0.2) is 0 Å². The van der Waals surface area contributed by atoms with Gasteiger partial charge in [-0.05, 0) is 12.8 Å². The Balaban J connectivity index is 2.32. The Labute approximate surface area is 87.6 Å². The third-order valence-corrected chi connectivity index (χ3v) is 2.76. The van der Waals surface area contributed by atoms with Crippen LogP contribution in [0.2, 0.25) is 0 Å². The third kappa shape index (κ3) is 1.74. The molecule has 5 heteroatoms. The quantitative estimate of drug-likeness (QED) is 0.713. The molecule has 0 fully saturated rings. The first kappa shape index (κ1) is 10.2. The van der Waals surface area contributed by atoms with Gasteiger partial charge < -0.3 is 5.11 Å². The van der Waals surface area contributed by atoms with Crippen LogP contribution in [0.1, 0.15) is 24.6 Å². The van der Waals surface area contributed by atoms with E-state index in [1.165, 1.54) is 4.68 Å². The highest BCUT2D eigenvalue weighted by Crippen LogP contribution is 2.26. The highest BCUT2D eigenvalue weighted by atomic mass is 16.3. The fourth-order valence-corrected chi connectivity index (χ4v) is 1.93. The molecule has 82 valence electrons. The molecule has 1 N–H and O–H groups in total. The van der Waals surface area contributed by atoms with Gasteiger partial charge in [-0.3, -0.25) is 4.57 Å². The van der Waals surface area contributed by atoms with Crippen LogP contribution in [-0.2, 0) is 13.6 Å². The van der Waals surface area contributed by atoms with Crippen molar-refractivity contribution in [2.75, 3.05) is 6.61 Å². The van der Waals surface area contributed by atoms with Crippen LogP contribution < -0.4 is 5.69 Å². The molecule has 0 radical (unpaired) electrons. The van der Waals surface area contributed by atoms with Gasteiger partial charge in [-0.15, -0.1) is 0 Å². The molecule has 0 unspecified atom stereocenters. The smallest absolute Gasteiger partial charge is 0.345 e. The number of aliphatic hydroxyl groups is 1. The van der Waals surface area contributed by atoms with E-state index in [1.807, 2.05) is 0 Å². The molecule has 0 bridgehead atoms. The molecule has 0 atom stereocenters. The first-order chi connectivity index (χ1) is 7.24. The number of nitrogens with zero attached hydrogens (tertiary/aromatic N) is 3. The topological polar surface area (TPSA) is 60.1 Å². The average Bonchev–Trinajstić information content (AvgIpc) is 2.82. The standard InChI is InChI=1S/C10H15N3O2/c1-12-9(8-4-2-3-5-8)11-13(6-7-14)10(12)15/h2-3,8,14H,4-7H2,1H3. The summed E-state index contributed by atoms with van der Waals surface area (Å²) in [6, 6.07) is 0. The van der Waals surface area contributed by atoms with Crippen LogP contribution >= 0.6 is 0 Å². The zero-order valence-electron chi connectivity index (χ0n) is 8.76. The summed E-state index contributed by atoms with van der Waals surface area (Å²) >= 11 is 0. The zero-order chi connectivity index (χ0) is 10.8. The van der Waals surface area contributed by atoms with Crippen molar-refractivity contribution in [3.63, 3.8) is 0 Å². The maximum absolute atomic E-state index is 11.7. The van der Waals surface area contributed by atoms with E-state index in [0.29, 0.717) is 5.92 Å². The second-order valence-electron chi connectivity index (χ2n) is 3.79. The fraction of sp³-hybridized carbons (Fsp3) is 0.600. The van der Waals surface area contributed by atoms with E-state index in [9.17, 15) is 4.79 Å². The maximum atomic E-state index is 11.7. The highest BCUT2D eigenvalue weighted by Gasteiger charge is 2.20. The van der Waals surface area contributed by atoms with Gasteiger partial charge in [-0.1, -0.05) is 12.2 Å². The van der Waals surface area contributed by atoms with Crippen molar-refractivity contribution in [2.24, 2.45) is 7.05 Å². The molecule has 1 aromatic heterocycles. The van der Waals surface area contributed by atoms with Crippen molar-refractivity contribution in [1.29, 1.82) is 0 Å². The second kappa shape index (κ2) is 4.02. The lowest BCUT2D eigenvalue weighted by atomic mass is 10.1. The summed E-state index contributed by atoms with van der Waals surface area (Å²) in [5.74, 6) is 1.14. The molecule has 2 rings (SSSR count). The van der Waals surface area contributed by atoms with Gasteiger partial charge in [0.1, 0.15) is 5.82 Å². The van der Waals surface area contributed by atoms with Gasteiger partial charge in [0.2, 0.25) is 0 Å². The predicted octanol–water partition coefficient (Wildman–Crippen LogP) is 0.00770. The molecular weight excluding hydrogens is 194 g/mol. The van der Waals surface area contributed by atoms with Crippen molar-refractivity contribution in [3.8, 4) is 0 Å². The lowest BCUT2D eigenvalue weighted by Crippen LogP contribution is -2.24. The van der Waals surface area contributed by atoms with Crippen LogP contribution in [0.3, 0.4) is 0 Å². The van der Waals surface area contributed by atoms with E-state index >= 15 is 0 Å². The predicted molar refractivity (Wildman–Crippen MR) is 55.7 cm³/mol. The van der Waals surface area contributed by atoms with E-state index in [-0.39, 0.29) is 18.8 Å². The molecule has 5 nitrogen and oxygen atoms in total. The van der Waals surface area contributed by atoms with Crippen LogP contribution in [0.25, 0.3) is 0 Å². The number of aliphatic hydroxyl groups excluding tert-OH is 1. The monoisotopic (exact) mass is 209 g/mol. The van der Waals surface area contributed by atoms with Crippen LogP contribution in [-0.4, -0.2) is 26.1 Å². The van der Waals surface area contributed by atoms with Crippen molar-refractivity contribution in [2.45, 2.75) is 25.3 Å². The van der Waals surface area contributed by atoms with Gasteiger partial charge in [0.05, 0.1) is 13.2 Å². The number of allylic oxidation sites excluding steroid dienone is 2. The fourth-order valence-electron chi connectivity index (χ4n) is 1.93. The molecule has 0 saturated carbocycles. The second-order valence-corrected chi connectivity index (χ2v) is 3.79. The SMILES string of the molecule is Cn1c(C2CC=CC2)nn(CCO)c1=O. The minimum atomic E-state index is -0.147. The summed E-state index contributed by atoms with van der Waals surface area (Å²) in [6.07, 6.45) is 6.12. The normalized spacial score (nSPS) is 16.4.